The molecule has 0 spiro atoms. The van der Waals surface area contributed by atoms with Crippen molar-refractivity contribution < 1.29 is 14.7 Å². The molecule has 5 heteroatoms. The molecule has 1 heterocycles. The molecule has 1 aromatic carbocycles. The van der Waals surface area contributed by atoms with Crippen molar-refractivity contribution in [1.29, 1.82) is 0 Å². The Labute approximate surface area is 147 Å². The summed E-state index contributed by atoms with van der Waals surface area (Å²) >= 11 is 0. The second kappa shape index (κ2) is 5.49. The second-order valence-electron chi connectivity index (χ2n) is 8.44. The van der Waals surface area contributed by atoms with E-state index >= 15 is 0 Å². The number of phenolic OH excluding ortho intramolecular Hbond substituents is 1. The number of rotatable bonds is 3. The molecule has 4 bridgehead atoms. The van der Waals surface area contributed by atoms with Gasteiger partial charge in [0, 0.05) is 29.3 Å². The van der Waals surface area contributed by atoms with Crippen molar-refractivity contribution in [2.24, 2.45) is 17.8 Å². The topological polar surface area (TPSA) is 70.6 Å². The van der Waals surface area contributed by atoms with Gasteiger partial charge in [0.2, 0.25) is 5.75 Å². The van der Waals surface area contributed by atoms with E-state index < -0.39 is 0 Å². The molecule has 5 aliphatic rings. The number of benzene rings is 1. The molecule has 1 amide bonds. The van der Waals surface area contributed by atoms with Gasteiger partial charge >= 0.3 is 0 Å². The van der Waals surface area contributed by atoms with Crippen LogP contribution in [-0.2, 0) is 11.3 Å². The molecule has 0 radical (unpaired) electrons. The molecule has 0 atom stereocenters. The van der Waals surface area contributed by atoms with Gasteiger partial charge in [0.05, 0.1) is 0 Å². The number of amides is 1. The van der Waals surface area contributed by atoms with Crippen LogP contribution in [0.4, 0.5) is 0 Å². The maximum Gasteiger partial charge on any atom is 0.276 e. The lowest BCUT2D eigenvalue weighted by molar-refractivity contribution is -0.122. The van der Waals surface area contributed by atoms with Crippen molar-refractivity contribution >= 4 is 12.0 Å². The Bertz CT molecular complexity index is 720. The first-order valence-electron chi connectivity index (χ1n) is 9.35. The van der Waals surface area contributed by atoms with Crippen molar-refractivity contribution in [2.75, 3.05) is 0 Å². The third-order valence-corrected chi connectivity index (χ3v) is 6.61. The molecule has 132 valence electrons. The van der Waals surface area contributed by atoms with E-state index in [1.165, 1.54) is 44.6 Å². The monoisotopic (exact) mass is 340 g/mol. The smallest absolute Gasteiger partial charge is 0.276 e. The zero-order valence-corrected chi connectivity index (χ0v) is 14.3. The van der Waals surface area contributed by atoms with Gasteiger partial charge in [-0.1, -0.05) is 12.1 Å². The average molecular weight is 340 g/mol. The van der Waals surface area contributed by atoms with Crippen LogP contribution in [0.3, 0.4) is 0 Å². The van der Waals surface area contributed by atoms with Crippen molar-refractivity contribution in [2.45, 2.75) is 50.6 Å². The lowest BCUT2D eigenvalue weighted by atomic mass is 9.53. The lowest BCUT2D eigenvalue weighted by Gasteiger charge is -2.57. The number of hydroxylamine groups is 1. The summed E-state index contributed by atoms with van der Waals surface area (Å²) in [6, 6.07) is 3.81. The maximum absolute atomic E-state index is 11.4. The zero-order valence-electron chi connectivity index (χ0n) is 14.3. The number of carbonyl (C=O) groups excluding carboxylic acids is 1. The zero-order chi connectivity index (χ0) is 17.0. The van der Waals surface area contributed by atoms with E-state index in [9.17, 15) is 9.90 Å². The minimum absolute atomic E-state index is 0.113. The Morgan fingerprint density at radius 2 is 1.80 bits per heavy atom. The van der Waals surface area contributed by atoms with Gasteiger partial charge in [-0.05, 0) is 62.4 Å². The highest BCUT2D eigenvalue weighted by Crippen LogP contribution is 2.55. The Hall–Kier alpha value is -2.01. The quantitative estimate of drug-likeness (QED) is 0.791. The molecule has 0 saturated heterocycles. The van der Waals surface area contributed by atoms with Gasteiger partial charge in [-0.2, -0.15) is 5.48 Å². The van der Waals surface area contributed by atoms with E-state index in [0.717, 1.165) is 23.3 Å². The third kappa shape index (κ3) is 2.61. The largest absolute Gasteiger partial charge is 0.504 e. The van der Waals surface area contributed by atoms with Crippen LogP contribution in [0.15, 0.2) is 18.2 Å². The summed E-state index contributed by atoms with van der Waals surface area (Å²) in [5.74, 6) is 2.78. The van der Waals surface area contributed by atoms with Crippen molar-refractivity contribution in [1.82, 2.24) is 10.8 Å². The molecule has 1 aromatic rings. The molecule has 1 aliphatic heterocycles. The molecule has 3 N–H and O–H groups in total. The second-order valence-corrected chi connectivity index (χ2v) is 8.44. The molecule has 4 aliphatic carbocycles. The average Bonchev–Trinajstić information content (AvgIpc) is 2.75. The number of nitrogens with one attached hydrogen (secondary N) is 2. The normalized spacial score (nSPS) is 35.0. The van der Waals surface area contributed by atoms with Crippen LogP contribution in [0.1, 0.15) is 49.7 Å². The number of phenols is 1. The number of hydrogen-bond donors (Lipinski definition) is 3. The summed E-state index contributed by atoms with van der Waals surface area (Å²) in [6.07, 6.45) is 11.2. The molecular weight excluding hydrogens is 316 g/mol. The highest BCUT2D eigenvalue weighted by atomic mass is 16.7. The van der Waals surface area contributed by atoms with Gasteiger partial charge in [-0.3, -0.25) is 4.79 Å². The van der Waals surface area contributed by atoms with E-state index in [1.807, 2.05) is 12.1 Å². The summed E-state index contributed by atoms with van der Waals surface area (Å²) in [4.78, 5) is 16.7. The van der Waals surface area contributed by atoms with Crippen LogP contribution in [0.5, 0.6) is 11.5 Å². The van der Waals surface area contributed by atoms with Crippen LogP contribution < -0.4 is 15.6 Å². The third-order valence-electron chi connectivity index (χ3n) is 6.61. The first-order valence-corrected chi connectivity index (χ1v) is 9.35. The van der Waals surface area contributed by atoms with E-state index in [0.29, 0.717) is 17.9 Å². The van der Waals surface area contributed by atoms with Crippen LogP contribution in [-0.4, -0.2) is 16.6 Å². The van der Waals surface area contributed by atoms with Crippen molar-refractivity contribution in [3.63, 3.8) is 0 Å². The number of hydrogen-bond acceptors (Lipinski definition) is 4. The van der Waals surface area contributed by atoms with Gasteiger partial charge in [0.15, 0.2) is 5.75 Å². The van der Waals surface area contributed by atoms with Gasteiger partial charge in [-0.25, -0.2) is 0 Å². The fourth-order valence-electron chi connectivity index (χ4n) is 5.92. The van der Waals surface area contributed by atoms with Crippen LogP contribution in [0, 0.1) is 17.8 Å². The predicted molar refractivity (Wildman–Crippen MR) is 93.7 cm³/mol. The van der Waals surface area contributed by atoms with Gasteiger partial charge in [0.25, 0.3) is 5.91 Å². The fraction of sp³-hybridized carbons (Fsp3) is 0.550. The van der Waals surface area contributed by atoms with Gasteiger partial charge < -0.3 is 15.3 Å². The molecule has 25 heavy (non-hydrogen) atoms. The van der Waals surface area contributed by atoms with Gasteiger partial charge in [-0.15, -0.1) is 0 Å². The van der Waals surface area contributed by atoms with Crippen molar-refractivity contribution in [3.8, 4) is 11.5 Å². The Morgan fingerprint density at radius 3 is 2.48 bits per heavy atom. The van der Waals surface area contributed by atoms with Gasteiger partial charge in [0.1, 0.15) is 0 Å². The minimum Gasteiger partial charge on any atom is -0.504 e. The van der Waals surface area contributed by atoms with Crippen LogP contribution in [0.25, 0.3) is 6.08 Å². The molecular formula is C20H24N2O3. The Balaban J connectivity index is 1.36. The first kappa shape index (κ1) is 15.3. The highest BCUT2D eigenvalue weighted by molar-refractivity contribution is 5.92. The van der Waals surface area contributed by atoms with Crippen LogP contribution in [0.2, 0.25) is 0 Å². The van der Waals surface area contributed by atoms with E-state index in [4.69, 9.17) is 4.84 Å². The summed E-state index contributed by atoms with van der Waals surface area (Å²) in [5.41, 5.74) is 4.09. The Kier molecular flexibility index (Phi) is 3.35. The van der Waals surface area contributed by atoms with E-state index in [1.54, 1.807) is 6.08 Å². The first-order chi connectivity index (χ1) is 12.1. The minimum atomic E-state index is -0.330. The SMILES string of the molecule is O=C1C=Cc2ccc(CNC34CC5CC(CC(C5)C3)C4)c(O)c2ON1. The molecule has 4 saturated carbocycles. The lowest BCUT2D eigenvalue weighted by Crippen LogP contribution is -2.58. The number of aromatic hydroxyl groups is 1. The highest BCUT2D eigenvalue weighted by Gasteiger charge is 2.50. The number of fused-ring (bicyclic) bond motifs is 1. The van der Waals surface area contributed by atoms with Crippen molar-refractivity contribution in [3.05, 3.63) is 29.3 Å². The molecule has 0 unspecified atom stereocenters. The number of carbonyl (C=O) groups is 1. The standard InChI is InChI=1S/C20H24N2O3/c23-17-4-3-15-1-2-16(18(24)19(15)25-22-17)11-21-20-8-12-5-13(9-20)7-14(6-12)10-20/h1-4,12-14,21,24H,5-11H2,(H,22,23). The summed E-state index contributed by atoms with van der Waals surface area (Å²) in [7, 11) is 0. The van der Waals surface area contributed by atoms with E-state index in [2.05, 4.69) is 10.8 Å². The van der Waals surface area contributed by atoms with E-state index in [-0.39, 0.29) is 17.2 Å². The summed E-state index contributed by atoms with van der Waals surface area (Å²) < 4.78 is 0. The maximum atomic E-state index is 11.4. The summed E-state index contributed by atoms with van der Waals surface area (Å²) in [6.45, 7) is 0.631. The molecule has 0 aromatic heterocycles. The molecule has 4 fully saturated rings. The Morgan fingerprint density at radius 1 is 1.12 bits per heavy atom. The molecule has 5 nitrogen and oxygen atoms in total. The fourth-order valence-corrected chi connectivity index (χ4v) is 5.92. The summed E-state index contributed by atoms with van der Waals surface area (Å²) in [5, 5.41) is 14.4. The predicted octanol–water partition coefficient (Wildman–Crippen LogP) is 2.89. The van der Waals surface area contributed by atoms with Crippen LogP contribution >= 0.6 is 0 Å². The molecule has 6 rings (SSSR count).